The van der Waals surface area contributed by atoms with E-state index in [1.165, 1.54) is 33.4 Å². The van der Waals surface area contributed by atoms with Crippen molar-refractivity contribution < 1.29 is 0 Å². The highest BCUT2D eigenvalue weighted by atomic mass is 15.0. The lowest BCUT2D eigenvalue weighted by Crippen LogP contribution is -2.43. The van der Waals surface area contributed by atoms with E-state index in [9.17, 15) is 0 Å². The van der Waals surface area contributed by atoms with Gasteiger partial charge in [-0.1, -0.05) is 173 Å². The Hall–Kier alpha value is -5.67. The monoisotopic (exact) mass is 619 g/mol. The van der Waals surface area contributed by atoms with E-state index < -0.39 is 0 Å². The number of hydrogen-bond donors (Lipinski definition) is 0. The molecule has 0 aliphatic heterocycles. The van der Waals surface area contributed by atoms with Crippen LogP contribution in [0.3, 0.4) is 0 Å². The summed E-state index contributed by atoms with van der Waals surface area (Å²) in [4.78, 5) is 15.1. The highest BCUT2D eigenvalue weighted by molar-refractivity contribution is 5.92. The quantitative estimate of drug-likeness (QED) is 0.192. The Morgan fingerprint density at radius 1 is 0.333 bits per heavy atom. The third-order valence-electron chi connectivity index (χ3n) is 10.5. The lowest BCUT2D eigenvalue weighted by atomic mass is 9.54. The largest absolute Gasteiger partial charge is 0.208 e. The molecule has 3 nitrogen and oxygen atoms in total. The van der Waals surface area contributed by atoms with Crippen molar-refractivity contribution in [2.24, 2.45) is 0 Å². The van der Waals surface area contributed by atoms with Gasteiger partial charge < -0.3 is 0 Å². The molecule has 0 atom stereocenters. The van der Waals surface area contributed by atoms with Gasteiger partial charge in [0.25, 0.3) is 0 Å². The van der Waals surface area contributed by atoms with Gasteiger partial charge in [0.1, 0.15) is 0 Å². The van der Waals surface area contributed by atoms with E-state index in [-0.39, 0.29) is 10.8 Å². The number of benzene rings is 6. The molecular formula is C45H37N3. The van der Waals surface area contributed by atoms with Gasteiger partial charge in [-0.25, -0.2) is 15.0 Å². The van der Waals surface area contributed by atoms with Gasteiger partial charge in [-0.05, 0) is 61.4 Å². The van der Waals surface area contributed by atoms with Crippen molar-refractivity contribution in [1.82, 2.24) is 15.0 Å². The zero-order valence-corrected chi connectivity index (χ0v) is 27.8. The van der Waals surface area contributed by atoms with E-state index in [1.54, 1.807) is 0 Å². The Balaban J connectivity index is 1.33. The second kappa shape index (κ2) is 11.5. The molecule has 0 fully saturated rings. The van der Waals surface area contributed by atoms with Crippen LogP contribution in [0.25, 0.3) is 67.5 Å². The van der Waals surface area contributed by atoms with Crippen molar-refractivity contribution in [3.63, 3.8) is 0 Å². The Kier molecular flexibility index (Phi) is 7.14. The van der Waals surface area contributed by atoms with Crippen LogP contribution in [0, 0.1) is 0 Å². The van der Waals surface area contributed by atoms with Crippen LogP contribution in [-0.2, 0) is 10.8 Å². The van der Waals surface area contributed by atoms with Gasteiger partial charge in [0.05, 0.1) is 0 Å². The smallest absolute Gasteiger partial charge is 0.164 e. The minimum atomic E-state index is -0.135. The summed E-state index contributed by atoms with van der Waals surface area (Å²) in [5, 5.41) is 0. The normalized spacial score (nSPS) is 14.2. The summed E-state index contributed by atoms with van der Waals surface area (Å²) in [6.07, 6.45) is 0. The molecule has 1 aliphatic carbocycles. The van der Waals surface area contributed by atoms with Crippen LogP contribution >= 0.6 is 0 Å². The third-order valence-corrected chi connectivity index (χ3v) is 10.5. The van der Waals surface area contributed by atoms with Crippen molar-refractivity contribution >= 4 is 0 Å². The molecule has 0 amide bonds. The van der Waals surface area contributed by atoms with Crippen LogP contribution in [0.15, 0.2) is 152 Å². The fourth-order valence-electron chi connectivity index (χ4n) is 7.20. The van der Waals surface area contributed by atoms with E-state index in [0.717, 1.165) is 27.8 Å². The van der Waals surface area contributed by atoms with Gasteiger partial charge in [-0.15, -0.1) is 0 Å². The van der Waals surface area contributed by atoms with Crippen LogP contribution in [0.4, 0.5) is 0 Å². The molecule has 0 saturated carbocycles. The Morgan fingerprint density at radius 2 is 0.812 bits per heavy atom. The molecule has 7 aromatic rings. The summed E-state index contributed by atoms with van der Waals surface area (Å²) in [5.74, 6) is 1.98. The topological polar surface area (TPSA) is 38.7 Å². The molecule has 1 aliphatic rings. The van der Waals surface area contributed by atoms with Crippen LogP contribution in [0.1, 0.15) is 38.8 Å². The molecule has 48 heavy (non-hydrogen) atoms. The maximum absolute atomic E-state index is 5.08. The number of fused-ring (bicyclic) bond motifs is 3. The molecule has 6 aromatic carbocycles. The Morgan fingerprint density at radius 3 is 1.42 bits per heavy atom. The summed E-state index contributed by atoms with van der Waals surface area (Å²) in [6, 6.07) is 53.4. The summed E-state index contributed by atoms with van der Waals surface area (Å²) in [5.41, 5.74) is 12.8. The van der Waals surface area contributed by atoms with Crippen LogP contribution < -0.4 is 0 Å². The predicted molar refractivity (Wildman–Crippen MR) is 198 cm³/mol. The second-order valence-corrected chi connectivity index (χ2v) is 13.7. The highest BCUT2D eigenvalue weighted by Gasteiger charge is 2.46. The third kappa shape index (κ3) is 4.86. The number of hydrogen-bond acceptors (Lipinski definition) is 3. The molecule has 0 spiro atoms. The average Bonchev–Trinajstić information content (AvgIpc) is 3.14. The molecule has 0 bridgehead atoms. The minimum absolute atomic E-state index is 0.109. The molecular weight excluding hydrogens is 583 g/mol. The minimum Gasteiger partial charge on any atom is -0.208 e. The zero-order valence-electron chi connectivity index (χ0n) is 27.8. The van der Waals surface area contributed by atoms with Crippen molar-refractivity contribution in [2.45, 2.75) is 38.5 Å². The molecule has 0 unspecified atom stereocenters. The molecule has 0 radical (unpaired) electrons. The van der Waals surface area contributed by atoms with Crippen LogP contribution in [0.5, 0.6) is 0 Å². The standard InChI is InChI=1S/C45H37N3/c1-44(2)38-26-16-25-35(30-17-8-5-9-18-30)40(38)37-28-27-33(29-39(37)45(44,3)4)34-23-14-15-24-36(34)43-47-41(31-19-10-6-11-20-31)46-42(48-43)32-21-12-7-13-22-32/h5-29H,1-4H3. The molecule has 232 valence electrons. The first kappa shape index (κ1) is 29.7. The van der Waals surface area contributed by atoms with Crippen molar-refractivity contribution in [1.29, 1.82) is 0 Å². The van der Waals surface area contributed by atoms with E-state index >= 15 is 0 Å². The van der Waals surface area contributed by atoms with E-state index in [2.05, 4.69) is 143 Å². The van der Waals surface area contributed by atoms with Crippen LogP contribution in [-0.4, -0.2) is 15.0 Å². The lowest BCUT2D eigenvalue weighted by Gasteiger charge is -2.49. The summed E-state index contributed by atoms with van der Waals surface area (Å²) in [7, 11) is 0. The van der Waals surface area contributed by atoms with E-state index in [1.807, 2.05) is 36.4 Å². The Bertz CT molecular complexity index is 2210. The van der Waals surface area contributed by atoms with E-state index in [4.69, 9.17) is 15.0 Å². The first-order valence-electron chi connectivity index (χ1n) is 16.6. The number of rotatable bonds is 5. The van der Waals surface area contributed by atoms with Gasteiger partial charge in [0.2, 0.25) is 0 Å². The van der Waals surface area contributed by atoms with Crippen molar-refractivity contribution in [3.8, 4) is 67.5 Å². The summed E-state index contributed by atoms with van der Waals surface area (Å²) in [6.45, 7) is 9.57. The van der Waals surface area contributed by atoms with Crippen molar-refractivity contribution in [2.75, 3.05) is 0 Å². The maximum atomic E-state index is 5.08. The fraction of sp³-hybridized carbons (Fsp3) is 0.133. The van der Waals surface area contributed by atoms with Gasteiger partial charge in [-0.2, -0.15) is 0 Å². The van der Waals surface area contributed by atoms with Gasteiger partial charge in [0.15, 0.2) is 17.5 Å². The molecule has 3 heteroatoms. The Labute approximate surface area is 283 Å². The first-order valence-corrected chi connectivity index (χ1v) is 16.6. The molecule has 8 rings (SSSR count). The van der Waals surface area contributed by atoms with Crippen molar-refractivity contribution in [3.05, 3.63) is 163 Å². The average molecular weight is 620 g/mol. The zero-order chi connectivity index (χ0) is 32.9. The summed E-state index contributed by atoms with van der Waals surface area (Å²) >= 11 is 0. The second-order valence-electron chi connectivity index (χ2n) is 13.7. The first-order chi connectivity index (χ1) is 23.3. The molecule has 0 N–H and O–H groups in total. The lowest BCUT2D eigenvalue weighted by molar-refractivity contribution is 0.299. The number of aromatic nitrogens is 3. The van der Waals surface area contributed by atoms with Crippen LogP contribution in [0.2, 0.25) is 0 Å². The fourth-order valence-corrected chi connectivity index (χ4v) is 7.20. The predicted octanol–water partition coefficient (Wildman–Crippen LogP) is 11.4. The SMILES string of the molecule is CC1(C)c2cc(-c3ccccc3-c3nc(-c4ccccc4)nc(-c4ccccc4)n3)ccc2-c2c(-c3ccccc3)cccc2C1(C)C. The van der Waals surface area contributed by atoms with E-state index in [0.29, 0.717) is 17.5 Å². The molecule has 1 aromatic heterocycles. The highest BCUT2D eigenvalue weighted by Crippen LogP contribution is 2.56. The van der Waals surface area contributed by atoms with Gasteiger partial charge >= 0.3 is 0 Å². The maximum Gasteiger partial charge on any atom is 0.164 e. The summed E-state index contributed by atoms with van der Waals surface area (Å²) < 4.78 is 0. The number of nitrogens with zero attached hydrogens (tertiary/aromatic N) is 3. The van der Waals surface area contributed by atoms with Gasteiger partial charge in [-0.3, -0.25) is 0 Å². The molecule has 0 saturated heterocycles. The molecule has 1 heterocycles. The van der Waals surface area contributed by atoms with Gasteiger partial charge in [0, 0.05) is 16.7 Å².